The molecule has 0 saturated heterocycles. The van der Waals surface area contributed by atoms with E-state index in [2.05, 4.69) is 18.8 Å². The van der Waals surface area contributed by atoms with Gasteiger partial charge in [0.1, 0.15) is 0 Å². The van der Waals surface area contributed by atoms with Crippen LogP contribution < -0.4 is 11.1 Å². The van der Waals surface area contributed by atoms with Crippen molar-refractivity contribution < 1.29 is 17.8 Å². The summed E-state index contributed by atoms with van der Waals surface area (Å²) in [6.45, 7) is 8.67. The van der Waals surface area contributed by atoms with Crippen molar-refractivity contribution in [3.05, 3.63) is 12.2 Å². The fourth-order valence-electron chi connectivity index (χ4n) is 1.29. The highest BCUT2D eigenvalue weighted by molar-refractivity contribution is 7.85. The first-order chi connectivity index (χ1) is 9.74. The first-order valence-corrected chi connectivity index (χ1v) is 8.94. The Balaban J connectivity index is 0. The van der Waals surface area contributed by atoms with Gasteiger partial charge >= 0.3 is 0 Å². The highest BCUT2D eigenvalue weighted by Crippen LogP contribution is 2.03. The van der Waals surface area contributed by atoms with Crippen LogP contribution in [0.15, 0.2) is 12.2 Å². The van der Waals surface area contributed by atoms with Gasteiger partial charge in [-0.1, -0.05) is 32.8 Å². The van der Waals surface area contributed by atoms with E-state index in [1.807, 2.05) is 0 Å². The molecule has 0 fully saturated rings. The lowest BCUT2D eigenvalue weighted by molar-refractivity contribution is -0.117. The maximum atomic E-state index is 11.1. The minimum atomic E-state index is -3.81. The molecular weight excluding hydrogens is 292 g/mol. The van der Waals surface area contributed by atoms with Crippen molar-refractivity contribution in [3.63, 3.8) is 0 Å². The second-order valence-electron chi connectivity index (χ2n) is 4.88. The van der Waals surface area contributed by atoms with E-state index in [1.54, 1.807) is 6.92 Å². The summed E-state index contributed by atoms with van der Waals surface area (Å²) in [7, 11) is -3.81. The van der Waals surface area contributed by atoms with Crippen LogP contribution >= 0.6 is 0 Å². The predicted molar refractivity (Wildman–Crippen MR) is 86.7 cm³/mol. The van der Waals surface area contributed by atoms with Crippen molar-refractivity contribution in [2.45, 2.75) is 52.4 Å². The summed E-state index contributed by atoms with van der Waals surface area (Å²) in [5.41, 5.74) is 5.53. The molecule has 0 radical (unpaired) electrons. The highest BCUT2D eigenvalue weighted by Gasteiger charge is 2.03. The third-order valence-electron chi connectivity index (χ3n) is 2.54. The first kappa shape index (κ1) is 22.4. The van der Waals surface area contributed by atoms with Gasteiger partial charge in [-0.05, 0) is 32.7 Å². The zero-order chi connectivity index (χ0) is 16.7. The molecule has 6 nitrogen and oxygen atoms in total. The van der Waals surface area contributed by atoms with Crippen LogP contribution in [0.4, 0.5) is 0 Å². The summed E-state index contributed by atoms with van der Waals surface area (Å²) < 4.78 is 29.3. The van der Waals surface area contributed by atoms with Crippen LogP contribution in [0, 0.1) is 0 Å². The van der Waals surface area contributed by atoms with E-state index in [0.717, 1.165) is 38.6 Å². The quantitative estimate of drug-likeness (QED) is 0.323. The molecule has 0 aromatic rings. The summed E-state index contributed by atoms with van der Waals surface area (Å²) in [5.74, 6) is -0.296. The number of hydrogen-bond donors (Lipinski definition) is 3. The van der Waals surface area contributed by atoms with E-state index < -0.39 is 10.1 Å². The Labute approximate surface area is 128 Å². The number of nitrogens with two attached hydrogens (primary N) is 1. The van der Waals surface area contributed by atoms with Crippen LogP contribution in [0.25, 0.3) is 0 Å². The lowest BCUT2D eigenvalue weighted by Crippen LogP contribution is -2.24. The second kappa shape index (κ2) is 14.0. The van der Waals surface area contributed by atoms with Crippen molar-refractivity contribution >= 4 is 16.0 Å². The summed E-state index contributed by atoms with van der Waals surface area (Å²) in [6, 6.07) is 0. The maximum Gasteiger partial charge on any atom is 0.264 e. The monoisotopic (exact) mass is 322 g/mol. The maximum absolute atomic E-state index is 11.1. The third-order valence-corrected chi connectivity index (χ3v) is 3.35. The molecule has 21 heavy (non-hydrogen) atoms. The molecule has 0 bridgehead atoms. The number of rotatable bonds is 10. The average molecular weight is 322 g/mol. The second-order valence-corrected chi connectivity index (χ2v) is 6.45. The van der Waals surface area contributed by atoms with Gasteiger partial charge in [0, 0.05) is 12.1 Å². The zero-order valence-electron chi connectivity index (χ0n) is 13.2. The SMILES string of the molecule is C=C(C)C(=O)NCCCCCCCS(=O)(=O)O.CCCN. The molecule has 0 heterocycles. The van der Waals surface area contributed by atoms with E-state index in [0.29, 0.717) is 18.5 Å². The smallest absolute Gasteiger partial charge is 0.264 e. The van der Waals surface area contributed by atoms with Crippen molar-refractivity contribution in [3.8, 4) is 0 Å². The zero-order valence-corrected chi connectivity index (χ0v) is 14.0. The molecule has 4 N–H and O–H groups in total. The fourth-order valence-corrected chi connectivity index (χ4v) is 1.86. The van der Waals surface area contributed by atoms with Gasteiger partial charge in [0.15, 0.2) is 0 Å². The largest absolute Gasteiger partial charge is 0.352 e. The molecule has 0 saturated carbocycles. The summed E-state index contributed by atoms with van der Waals surface area (Å²) in [4.78, 5) is 11.1. The van der Waals surface area contributed by atoms with Crippen LogP contribution in [-0.2, 0) is 14.9 Å². The van der Waals surface area contributed by atoms with Gasteiger partial charge in [0.2, 0.25) is 5.91 Å². The summed E-state index contributed by atoms with van der Waals surface area (Å²) in [5, 5.41) is 2.72. The Morgan fingerprint density at radius 2 is 1.67 bits per heavy atom. The Bertz CT molecular complexity index is 378. The molecular formula is C14H30N2O4S. The lowest BCUT2D eigenvalue weighted by Gasteiger charge is -2.04. The van der Waals surface area contributed by atoms with Crippen molar-refractivity contribution in [2.75, 3.05) is 18.8 Å². The first-order valence-electron chi connectivity index (χ1n) is 7.33. The number of carbonyl (C=O) groups excluding carboxylic acids is 1. The van der Waals surface area contributed by atoms with Crippen LogP contribution in [0.5, 0.6) is 0 Å². The minimum absolute atomic E-state index is 0.128. The van der Waals surface area contributed by atoms with Crippen molar-refractivity contribution in [2.24, 2.45) is 5.73 Å². The number of unbranched alkanes of at least 4 members (excludes halogenated alkanes) is 4. The van der Waals surface area contributed by atoms with Gasteiger partial charge < -0.3 is 11.1 Å². The molecule has 0 rings (SSSR count). The van der Waals surface area contributed by atoms with Crippen LogP contribution in [0.3, 0.4) is 0 Å². The predicted octanol–water partition coefficient (Wildman–Crippen LogP) is 1.87. The van der Waals surface area contributed by atoms with E-state index >= 15 is 0 Å². The molecule has 1 amide bonds. The summed E-state index contributed by atoms with van der Waals surface area (Å²) >= 11 is 0. The normalized spacial score (nSPS) is 10.5. The molecule has 0 aromatic heterocycles. The van der Waals surface area contributed by atoms with Gasteiger partial charge in [0.25, 0.3) is 10.1 Å². The lowest BCUT2D eigenvalue weighted by atomic mass is 10.1. The molecule has 0 atom stereocenters. The van der Waals surface area contributed by atoms with E-state index in [-0.39, 0.29) is 11.7 Å². The van der Waals surface area contributed by atoms with Gasteiger partial charge in [-0.2, -0.15) is 8.42 Å². The Morgan fingerprint density at radius 1 is 1.19 bits per heavy atom. The standard InChI is InChI=1S/C11H21NO4S.C3H9N/c1-10(2)11(13)12-8-6-4-3-5-7-9-17(14,15)16;1-2-3-4/h1,3-9H2,2H3,(H,12,13)(H,14,15,16);2-4H2,1H3. The topological polar surface area (TPSA) is 109 Å². The number of hydrogen-bond acceptors (Lipinski definition) is 4. The minimum Gasteiger partial charge on any atom is -0.352 e. The summed E-state index contributed by atoms with van der Waals surface area (Å²) in [6.07, 6.45) is 5.05. The molecule has 0 aliphatic rings. The van der Waals surface area contributed by atoms with Gasteiger partial charge in [-0.3, -0.25) is 9.35 Å². The average Bonchev–Trinajstić information content (AvgIpc) is 2.40. The Kier molecular flexibility index (Phi) is 14.9. The van der Waals surface area contributed by atoms with E-state index in [4.69, 9.17) is 10.3 Å². The molecule has 0 aromatic carbocycles. The molecule has 0 aliphatic carbocycles. The number of amides is 1. The molecule has 126 valence electrons. The molecule has 0 spiro atoms. The molecule has 7 heteroatoms. The van der Waals surface area contributed by atoms with Crippen LogP contribution in [-0.4, -0.2) is 37.7 Å². The van der Waals surface area contributed by atoms with Crippen molar-refractivity contribution in [1.82, 2.24) is 5.32 Å². The highest BCUT2D eigenvalue weighted by atomic mass is 32.2. The van der Waals surface area contributed by atoms with E-state index in [1.165, 1.54) is 0 Å². The van der Waals surface area contributed by atoms with Crippen LogP contribution in [0.1, 0.15) is 52.4 Å². The number of carbonyl (C=O) groups is 1. The van der Waals surface area contributed by atoms with Gasteiger partial charge in [-0.25, -0.2) is 0 Å². The third kappa shape index (κ3) is 21.5. The van der Waals surface area contributed by atoms with Crippen molar-refractivity contribution in [1.29, 1.82) is 0 Å². The molecule has 0 unspecified atom stereocenters. The number of nitrogens with one attached hydrogen (secondary N) is 1. The van der Waals surface area contributed by atoms with Gasteiger partial charge in [0.05, 0.1) is 5.75 Å². The van der Waals surface area contributed by atoms with Crippen LogP contribution in [0.2, 0.25) is 0 Å². The Morgan fingerprint density at radius 3 is 2.10 bits per heavy atom. The Hall–Kier alpha value is -0.920. The fraction of sp³-hybridized carbons (Fsp3) is 0.786. The van der Waals surface area contributed by atoms with E-state index in [9.17, 15) is 13.2 Å². The van der Waals surface area contributed by atoms with Gasteiger partial charge in [-0.15, -0.1) is 0 Å². The molecule has 0 aliphatic heterocycles.